The Kier molecular flexibility index (Phi) is 6.14. The summed E-state index contributed by atoms with van der Waals surface area (Å²) in [5.74, 6) is 1.02. The summed E-state index contributed by atoms with van der Waals surface area (Å²) in [5, 5.41) is 3.62. The van der Waals surface area contributed by atoms with E-state index in [2.05, 4.69) is 16.9 Å². The molecule has 1 atom stereocenters. The third-order valence-corrected chi connectivity index (χ3v) is 3.46. The molecule has 0 bridgehead atoms. The van der Waals surface area contributed by atoms with Crippen LogP contribution in [0.3, 0.4) is 0 Å². The molecule has 20 heavy (non-hydrogen) atoms. The second-order valence-electron chi connectivity index (χ2n) is 6.67. The molecule has 1 fully saturated rings. The van der Waals surface area contributed by atoms with E-state index in [9.17, 15) is 4.79 Å². The maximum atomic E-state index is 11.9. The average Bonchev–Trinajstić information content (AvgIpc) is 2.35. The van der Waals surface area contributed by atoms with Crippen LogP contribution in [-0.4, -0.2) is 36.2 Å². The molecule has 6 heteroatoms. The summed E-state index contributed by atoms with van der Waals surface area (Å²) >= 11 is 0. The predicted molar refractivity (Wildman–Crippen MR) is 78.3 cm³/mol. The van der Waals surface area contributed by atoms with Crippen molar-refractivity contribution in [3.63, 3.8) is 0 Å². The molecule has 1 aliphatic heterocycles. The molecule has 0 aromatic rings. The first-order valence-corrected chi connectivity index (χ1v) is 7.30. The average molecular weight is 282 g/mol. The summed E-state index contributed by atoms with van der Waals surface area (Å²) in [6, 6.07) is 0. The molecule has 1 heterocycles. The lowest BCUT2D eigenvalue weighted by Gasteiger charge is -2.34. The molecule has 1 saturated heterocycles. The molecule has 0 spiro atoms. The minimum Gasteiger partial charge on any atom is -0.444 e. The lowest BCUT2D eigenvalue weighted by Crippen LogP contribution is -2.42. The molecule has 0 aromatic heterocycles. The van der Waals surface area contributed by atoms with Gasteiger partial charge in [0, 0.05) is 24.5 Å². The van der Waals surface area contributed by atoms with Crippen molar-refractivity contribution < 1.29 is 9.53 Å². The highest BCUT2D eigenvalue weighted by Gasteiger charge is 2.27. The Balaban J connectivity index is 2.32. The summed E-state index contributed by atoms with van der Waals surface area (Å²) in [6.45, 7) is 9.83. The normalized spacial score (nSPS) is 18.3. The summed E-state index contributed by atoms with van der Waals surface area (Å²) < 4.78 is 5.38. The third-order valence-electron chi connectivity index (χ3n) is 3.46. The van der Waals surface area contributed by atoms with Crippen molar-refractivity contribution in [3.05, 3.63) is 10.4 Å². The fraction of sp³-hybridized carbons (Fsp3) is 0.929. The minimum absolute atomic E-state index is 0.210. The van der Waals surface area contributed by atoms with E-state index >= 15 is 0 Å². The molecule has 0 aromatic carbocycles. The maximum Gasteiger partial charge on any atom is 0.410 e. The first-order valence-electron chi connectivity index (χ1n) is 7.30. The van der Waals surface area contributed by atoms with E-state index < -0.39 is 5.60 Å². The van der Waals surface area contributed by atoms with Gasteiger partial charge in [0.1, 0.15) is 5.60 Å². The van der Waals surface area contributed by atoms with Gasteiger partial charge >= 0.3 is 6.09 Å². The molecule has 0 radical (unpaired) electrons. The Bertz CT molecular complexity index is 364. The Morgan fingerprint density at radius 3 is 2.55 bits per heavy atom. The second kappa shape index (κ2) is 7.39. The van der Waals surface area contributed by atoms with E-state index in [0.717, 1.165) is 32.4 Å². The minimum atomic E-state index is -0.433. The van der Waals surface area contributed by atoms with Crippen LogP contribution in [0.4, 0.5) is 4.79 Å². The standard InChI is InChI=1S/C14H26N4O2/c1-11(10-16-17-15)9-12-5-7-18(8-6-12)13(19)20-14(2,3)4/h11-12H,5-10H2,1-4H3. The highest BCUT2D eigenvalue weighted by Crippen LogP contribution is 2.25. The number of amides is 1. The number of nitrogens with zero attached hydrogens (tertiary/aromatic N) is 4. The summed E-state index contributed by atoms with van der Waals surface area (Å²) in [5.41, 5.74) is 7.88. The summed E-state index contributed by atoms with van der Waals surface area (Å²) in [7, 11) is 0. The monoisotopic (exact) mass is 282 g/mol. The van der Waals surface area contributed by atoms with Crippen molar-refractivity contribution in [2.24, 2.45) is 17.0 Å². The van der Waals surface area contributed by atoms with E-state index in [4.69, 9.17) is 10.3 Å². The molecule has 0 N–H and O–H groups in total. The zero-order valence-corrected chi connectivity index (χ0v) is 13.0. The lowest BCUT2D eigenvalue weighted by molar-refractivity contribution is 0.0177. The van der Waals surface area contributed by atoms with Gasteiger partial charge in [-0.15, -0.1) is 0 Å². The van der Waals surface area contributed by atoms with Crippen LogP contribution in [0.5, 0.6) is 0 Å². The molecular formula is C14H26N4O2. The van der Waals surface area contributed by atoms with Gasteiger partial charge in [-0.1, -0.05) is 12.0 Å². The van der Waals surface area contributed by atoms with Crippen molar-refractivity contribution >= 4 is 6.09 Å². The number of azide groups is 1. The molecule has 6 nitrogen and oxygen atoms in total. The van der Waals surface area contributed by atoms with Crippen LogP contribution in [0, 0.1) is 11.8 Å². The number of carbonyl (C=O) groups is 1. The Labute approximate surface area is 121 Å². The van der Waals surface area contributed by atoms with Gasteiger partial charge in [0.25, 0.3) is 0 Å². The number of piperidine rings is 1. The quantitative estimate of drug-likeness (QED) is 0.444. The Hall–Kier alpha value is -1.42. The zero-order chi connectivity index (χ0) is 15.2. The maximum absolute atomic E-state index is 11.9. The van der Waals surface area contributed by atoms with Gasteiger partial charge in [-0.2, -0.15) is 0 Å². The Morgan fingerprint density at radius 2 is 2.05 bits per heavy atom. The summed E-state index contributed by atoms with van der Waals surface area (Å²) in [6.07, 6.45) is 2.85. The van der Waals surface area contributed by atoms with Gasteiger partial charge in [-0.25, -0.2) is 4.79 Å². The van der Waals surface area contributed by atoms with Crippen LogP contribution in [0.15, 0.2) is 5.11 Å². The highest BCUT2D eigenvalue weighted by molar-refractivity contribution is 5.68. The first-order chi connectivity index (χ1) is 9.31. The van der Waals surface area contributed by atoms with Gasteiger partial charge in [-0.05, 0) is 57.4 Å². The highest BCUT2D eigenvalue weighted by atomic mass is 16.6. The van der Waals surface area contributed by atoms with Gasteiger partial charge in [0.2, 0.25) is 0 Å². The number of hydrogen-bond acceptors (Lipinski definition) is 3. The molecule has 1 rings (SSSR count). The van der Waals surface area contributed by atoms with E-state index in [-0.39, 0.29) is 6.09 Å². The smallest absolute Gasteiger partial charge is 0.410 e. The van der Waals surface area contributed by atoms with Crippen molar-refractivity contribution in [1.29, 1.82) is 0 Å². The number of hydrogen-bond donors (Lipinski definition) is 0. The van der Waals surface area contributed by atoms with Gasteiger partial charge in [-0.3, -0.25) is 0 Å². The Morgan fingerprint density at radius 1 is 1.45 bits per heavy atom. The SMILES string of the molecule is CC(CN=[N+]=[N-])CC1CCN(C(=O)OC(C)(C)C)CC1. The van der Waals surface area contributed by atoms with E-state index in [1.54, 1.807) is 4.90 Å². The lowest BCUT2D eigenvalue weighted by atomic mass is 9.88. The first kappa shape index (κ1) is 16.6. The summed E-state index contributed by atoms with van der Waals surface area (Å²) in [4.78, 5) is 16.5. The second-order valence-corrected chi connectivity index (χ2v) is 6.67. The predicted octanol–water partition coefficient (Wildman–Crippen LogP) is 3.97. The van der Waals surface area contributed by atoms with Gasteiger partial charge in [0.05, 0.1) is 0 Å². The zero-order valence-electron chi connectivity index (χ0n) is 13.0. The topological polar surface area (TPSA) is 78.3 Å². The molecule has 0 aliphatic carbocycles. The van der Waals surface area contributed by atoms with Gasteiger partial charge in [0.15, 0.2) is 0 Å². The third kappa shape index (κ3) is 6.15. The number of rotatable bonds is 4. The molecule has 0 saturated carbocycles. The van der Waals surface area contributed by atoms with Crippen LogP contribution in [-0.2, 0) is 4.74 Å². The number of carbonyl (C=O) groups excluding carboxylic acids is 1. The fourth-order valence-corrected chi connectivity index (χ4v) is 2.50. The number of ether oxygens (including phenoxy) is 1. The largest absolute Gasteiger partial charge is 0.444 e. The molecule has 1 unspecified atom stereocenters. The number of likely N-dealkylation sites (tertiary alicyclic amines) is 1. The van der Waals surface area contributed by atoms with Crippen molar-refractivity contribution in [2.75, 3.05) is 19.6 Å². The van der Waals surface area contributed by atoms with E-state index in [1.165, 1.54) is 0 Å². The van der Waals surface area contributed by atoms with Crippen LogP contribution >= 0.6 is 0 Å². The fourth-order valence-electron chi connectivity index (χ4n) is 2.50. The van der Waals surface area contributed by atoms with Crippen LogP contribution in [0.2, 0.25) is 0 Å². The molecule has 114 valence electrons. The van der Waals surface area contributed by atoms with Crippen molar-refractivity contribution in [3.8, 4) is 0 Å². The van der Waals surface area contributed by atoms with Crippen molar-refractivity contribution in [2.45, 2.75) is 52.6 Å². The van der Waals surface area contributed by atoms with Crippen LogP contribution in [0.1, 0.15) is 47.0 Å². The van der Waals surface area contributed by atoms with Gasteiger partial charge < -0.3 is 9.64 Å². The van der Waals surface area contributed by atoms with E-state index in [0.29, 0.717) is 18.4 Å². The van der Waals surface area contributed by atoms with Crippen LogP contribution < -0.4 is 0 Å². The molecule has 1 amide bonds. The molecular weight excluding hydrogens is 256 g/mol. The van der Waals surface area contributed by atoms with E-state index in [1.807, 2.05) is 20.8 Å². The van der Waals surface area contributed by atoms with Crippen molar-refractivity contribution in [1.82, 2.24) is 4.90 Å². The van der Waals surface area contributed by atoms with Crippen LogP contribution in [0.25, 0.3) is 10.4 Å². The molecule has 1 aliphatic rings.